The average molecular weight is 399 g/mol. The summed E-state index contributed by atoms with van der Waals surface area (Å²) in [5.74, 6) is -3.50. The van der Waals surface area contributed by atoms with E-state index in [4.69, 9.17) is 0 Å². The maximum absolute atomic E-state index is 14.5. The third kappa shape index (κ3) is 3.06. The van der Waals surface area contributed by atoms with E-state index in [1.165, 1.54) is 30.3 Å². The number of rotatable bonds is 3. The van der Waals surface area contributed by atoms with Crippen LogP contribution in [0.1, 0.15) is 28.9 Å². The second-order valence-electron chi connectivity index (χ2n) is 6.87. The molecule has 2 aromatic heterocycles. The topological polar surface area (TPSA) is 69.0 Å². The van der Waals surface area contributed by atoms with Crippen LogP contribution in [0.3, 0.4) is 0 Å². The van der Waals surface area contributed by atoms with E-state index in [0.29, 0.717) is 16.5 Å². The number of nitrogens with zero attached hydrogens (tertiary/aromatic N) is 1. The van der Waals surface area contributed by atoms with Gasteiger partial charge in [0.1, 0.15) is 5.82 Å². The molecule has 0 radical (unpaired) electrons. The molecule has 4 aromatic rings. The van der Waals surface area contributed by atoms with Crippen molar-refractivity contribution in [1.82, 2.24) is 14.9 Å². The molecule has 2 heterocycles. The lowest BCUT2D eigenvalue weighted by atomic mass is 10.0. The molecule has 1 unspecified atom stereocenters. The van der Waals surface area contributed by atoms with E-state index in [0.717, 1.165) is 12.1 Å². The zero-order chi connectivity index (χ0) is 20.9. The zero-order valence-corrected chi connectivity index (χ0v) is 15.5. The third-order valence-electron chi connectivity index (χ3n) is 5.20. The number of hydrogen-bond donors (Lipinski definition) is 2. The fourth-order valence-electron chi connectivity index (χ4n) is 3.43. The normalized spacial score (nSPS) is 12.4. The average Bonchev–Trinajstić information content (AvgIpc) is 3.14. The molecule has 4 rings (SSSR count). The minimum Gasteiger partial charge on any atom is -0.361 e. The monoisotopic (exact) mass is 399 g/mol. The van der Waals surface area contributed by atoms with Crippen molar-refractivity contribution in [1.29, 1.82) is 0 Å². The molecule has 2 aromatic carbocycles. The van der Waals surface area contributed by atoms with E-state index in [9.17, 15) is 22.8 Å². The molecule has 0 aliphatic heterocycles. The van der Waals surface area contributed by atoms with E-state index in [2.05, 4.69) is 9.97 Å². The lowest BCUT2D eigenvalue weighted by Gasteiger charge is -2.26. The second-order valence-corrected chi connectivity index (χ2v) is 6.87. The Morgan fingerprint density at radius 1 is 1.00 bits per heavy atom. The van der Waals surface area contributed by atoms with Crippen LogP contribution in [0.25, 0.3) is 21.7 Å². The van der Waals surface area contributed by atoms with E-state index >= 15 is 0 Å². The SMILES string of the molecule is CC(c1c[nH]c(=O)c2cc(F)c(F)cc12)N(C)C(=O)c1cc2cc[nH]c2cc1F. The number of carbonyl (C=O) groups is 1. The summed E-state index contributed by atoms with van der Waals surface area (Å²) in [6.07, 6.45) is 2.99. The van der Waals surface area contributed by atoms with Crippen LogP contribution in [0.4, 0.5) is 13.2 Å². The van der Waals surface area contributed by atoms with Crippen LogP contribution in [-0.4, -0.2) is 27.8 Å². The molecular formula is C21H16F3N3O2. The molecule has 0 aliphatic rings. The van der Waals surface area contributed by atoms with Gasteiger partial charge in [0.25, 0.3) is 11.5 Å². The quantitative estimate of drug-likeness (QED) is 0.541. The first kappa shape index (κ1) is 18.8. The Labute approximate surface area is 162 Å². The standard InChI is InChI=1S/C21H16F3N3O2/c1-10(15-9-26-20(28)13-7-18(24)17(23)6-12(13)15)27(2)21(29)14-5-11-3-4-25-19(11)8-16(14)22/h3-10,25H,1-2H3,(H,26,28). The number of carbonyl (C=O) groups excluding carboxylic acids is 1. The first-order valence-electron chi connectivity index (χ1n) is 8.82. The van der Waals surface area contributed by atoms with Gasteiger partial charge >= 0.3 is 0 Å². The summed E-state index contributed by atoms with van der Waals surface area (Å²) in [5.41, 5.74) is 0.279. The van der Waals surface area contributed by atoms with Crippen LogP contribution >= 0.6 is 0 Å². The van der Waals surface area contributed by atoms with E-state index in [1.54, 1.807) is 19.2 Å². The van der Waals surface area contributed by atoms with Crippen LogP contribution in [0.5, 0.6) is 0 Å². The number of aromatic amines is 2. The van der Waals surface area contributed by atoms with Crippen molar-refractivity contribution in [2.75, 3.05) is 7.05 Å². The van der Waals surface area contributed by atoms with Crippen LogP contribution in [-0.2, 0) is 0 Å². The van der Waals surface area contributed by atoms with Gasteiger partial charge in [-0.25, -0.2) is 13.2 Å². The molecule has 0 aliphatic carbocycles. The van der Waals surface area contributed by atoms with Gasteiger partial charge in [0, 0.05) is 30.3 Å². The number of H-pyrrole nitrogens is 2. The fraction of sp³-hybridized carbons (Fsp3) is 0.143. The van der Waals surface area contributed by atoms with E-state index < -0.39 is 35.0 Å². The molecule has 148 valence electrons. The first-order chi connectivity index (χ1) is 13.8. The number of benzene rings is 2. The van der Waals surface area contributed by atoms with Gasteiger partial charge < -0.3 is 14.9 Å². The Kier molecular flexibility index (Phi) is 4.41. The lowest BCUT2D eigenvalue weighted by Crippen LogP contribution is -2.31. The molecule has 0 saturated carbocycles. The van der Waals surface area contributed by atoms with Crippen LogP contribution in [0.2, 0.25) is 0 Å². The summed E-state index contributed by atoms with van der Waals surface area (Å²) in [6, 6.07) is 5.51. The number of hydrogen-bond acceptors (Lipinski definition) is 2. The minimum atomic E-state index is -1.14. The molecule has 1 amide bonds. The van der Waals surface area contributed by atoms with Crippen molar-refractivity contribution >= 4 is 27.6 Å². The van der Waals surface area contributed by atoms with E-state index in [1.807, 2.05) is 0 Å². The van der Waals surface area contributed by atoms with Crippen molar-refractivity contribution in [3.63, 3.8) is 0 Å². The highest BCUT2D eigenvalue weighted by atomic mass is 19.2. The molecule has 5 nitrogen and oxygen atoms in total. The minimum absolute atomic E-state index is 0.0333. The van der Waals surface area contributed by atoms with Gasteiger partial charge in [-0.15, -0.1) is 0 Å². The van der Waals surface area contributed by atoms with Crippen LogP contribution < -0.4 is 5.56 Å². The molecular weight excluding hydrogens is 383 g/mol. The Hall–Kier alpha value is -3.55. The van der Waals surface area contributed by atoms with Gasteiger partial charge in [0.15, 0.2) is 11.6 Å². The molecule has 0 saturated heterocycles. The first-order valence-corrected chi connectivity index (χ1v) is 8.82. The smallest absolute Gasteiger partial charge is 0.257 e. The Bertz CT molecular complexity index is 1330. The maximum Gasteiger partial charge on any atom is 0.257 e. The molecule has 1 atom stereocenters. The number of halogens is 3. The molecule has 2 N–H and O–H groups in total. The Morgan fingerprint density at radius 3 is 2.41 bits per heavy atom. The van der Waals surface area contributed by atoms with Gasteiger partial charge in [0.2, 0.25) is 0 Å². The molecule has 0 bridgehead atoms. The Morgan fingerprint density at radius 2 is 1.69 bits per heavy atom. The summed E-state index contributed by atoms with van der Waals surface area (Å²) in [5, 5.41) is 0.832. The highest BCUT2D eigenvalue weighted by molar-refractivity contribution is 5.98. The summed E-state index contributed by atoms with van der Waals surface area (Å²) in [7, 11) is 1.48. The number of nitrogens with one attached hydrogen (secondary N) is 2. The summed E-state index contributed by atoms with van der Waals surface area (Å²) >= 11 is 0. The largest absolute Gasteiger partial charge is 0.361 e. The van der Waals surface area contributed by atoms with Gasteiger partial charge in [-0.2, -0.15) is 0 Å². The molecule has 29 heavy (non-hydrogen) atoms. The highest BCUT2D eigenvalue weighted by Crippen LogP contribution is 2.29. The zero-order valence-electron chi connectivity index (χ0n) is 15.5. The summed E-state index contributed by atoms with van der Waals surface area (Å²) in [4.78, 5) is 31.6. The third-order valence-corrected chi connectivity index (χ3v) is 5.20. The molecule has 8 heteroatoms. The lowest BCUT2D eigenvalue weighted by molar-refractivity contribution is 0.0739. The van der Waals surface area contributed by atoms with Gasteiger partial charge in [-0.05, 0) is 48.2 Å². The summed E-state index contributed by atoms with van der Waals surface area (Å²) < 4.78 is 41.8. The fourth-order valence-corrected chi connectivity index (χ4v) is 3.43. The van der Waals surface area contributed by atoms with Crippen molar-refractivity contribution in [3.05, 3.63) is 81.7 Å². The van der Waals surface area contributed by atoms with Gasteiger partial charge in [-0.1, -0.05) is 0 Å². The number of pyridine rings is 1. The van der Waals surface area contributed by atoms with Crippen LogP contribution in [0.15, 0.2) is 47.5 Å². The van der Waals surface area contributed by atoms with Crippen LogP contribution in [0, 0.1) is 17.5 Å². The second kappa shape index (κ2) is 6.80. The van der Waals surface area contributed by atoms with Crippen molar-refractivity contribution < 1.29 is 18.0 Å². The van der Waals surface area contributed by atoms with Gasteiger partial charge in [0.05, 0.1) is 17.0 Å². The van der Waals surface area contributed by atoms with Gasteiger partial charge in [-0.3, -0.25) is 9.59 Å². The predicted molar refractivity (Wildman–Crippen MR) is 103 cm³/mol. The predicted octanol–water partition coefficient (Wildman–Crippen LogP) is 4.26. The summed E-state index contributed by atoms with van der Waals surface area (Å²) in [6.45, 7) is 1.65. The molecule has 0 spiro atoms. The maximum atomic E-state index is 14.5. The van der Waals surface area contributed by atoms with Crippen molar-refractivity contribution in [2.24, 2.45) is 0 Å². The van der Waals surface area contributed by atoms with Crippen molar-refractivity contribution in [2.45, 2.75) is 13.0 Å². The van der Waals surface area contributed by atoms with Crippen molar-refractivity contribution in [3.8, 4) is 0 Å². The number of aromatic nitrogens is 2. The Balaban J connectivity index is 1.77. The molecule has 0 fully saturated rings. The number of fused-ring (bicyclic) bond motifs is 2. The highest BCUT2D eigenvalue weighted by Gasteiger charge is 2.24. The van der Waals surface area contributed by atoms with E-state index in [-0.39, 0.29) is 16.3 Å². The number of amides is 1.